The molecule has 3 aromatic rings. The van der Waals surface area contributed by atoms with Crippen molar-refractivity contribution in [3.8, 4) is 6.07 Å². The van der Waals surface area contributed by atoms with Gasteiger partial charge in [0.05, 0.1) is 11.6 Å². The van der Waals surface area contributed by atoms with Gasteiger partial charge in [-0.1, -0.05) is 54.3 Å². The van der Waals surface area contributed by atoms with Crippen LogP contribution in [0.15, 0.2) is 52.9 Å². The second-order valence-corrected chi connectivity index (χ2v) is 7.68. The fourth-order valence-electron chi connectivity index (χ4n) is 2.20. The highest BCUT2D eigenvalue weighted by Crippen LogP contribution is 2.28. The molecule has 0 radical (unpaired) electrons. The second kappa shape index (κ2) is 8.61. The van der Waals surface area contributed by atoms with E-state index in [2.05, 4.69) is 28.5 Å². The van der Waals surface area contributed by atoms with Crippen molar-refractivity contribution < 1.29 is 4.79 Å². The largest absolute Gasteiger partial charge is 0.296 e. The smallest absolute Gasteiger partial charge is 0.257 e. The fourth-order valence-corrected chi connectivity index (χ4v) is 3.90. The average Bonchev–Trinajstić information content (AvgIpc) is 3.14. The summed E-state index contributed by atoms with van der Waals surface area (Å²) in [7, 11) is 0. The zero-order valence-corrected chi connectivity index (χ0v) is 15.7. The topological polar surface area (TPSA) is 78.7 Å². The van der Waals surface area contributed by atoms with E-state index in [1.807, 2.05) is 36.4 Å². The lowest BCUT2D eigenvalue weighted by Gasteiger charge is -2.02. The van der Waals surface area contributed by atoms with Crippen molar-refractivity contribution in [2.45, 2.75) is 23.4 Å². The summed E-state index contributed by atoms with van der Waals surface area (Å²) < 4.78 is 0.783. The highest BCUT2D eigenvalue weighted by Gasteiger charge is 2.10. The van der Waals surface area contributed by atoms with Crippen LogP contribution in [0.2, 0.25) is 0 Å². The number of carbonyl (C=O) groups excluding carboxylic acids is 1. The van der Waals surface area contributed by atoms with E-state index in [0.29, 0.717) is 16.3 Å². The number of nitrogens with zero attached hydrogens (tertiary/aromatic N) is 3. The zero-order chi connectivity index (χ0) is 18.4. The van der Waals surface area contributed by atoms with E-state index in [1.165, 1.54) is 16.9 Å². The van der Waals surface area contributed by atoms with Crippen LogP contribution in [0.1, 0.15) is 34.0 Å². The molecule has 1 heterocycles. The molecule has 1 aromatic heterocycles. The molecule has 0 aliphatic rings. The molecular weight excluding hydrogens is 364 g/mol. The molecule has 0 aliphatic carbocycles. The Balaban J connectivity index is 1.56. The third kappa shape index (κ3) is 4.69. The first-order valence-electron chi connectivity index (χ1n) is 8.03. The number of hydrogen-bond acceptors (Lipinski definition) is 6. The van der Waals surface area contributed by atoms with E-state index in [4.69, 9.17) is 5.26 Å². The summed E-state index contributed by atoms with van der Waals surface area (Å²) in [4.78, 5) is 12.3. The van der Waals surface area contributed by atoms with Crippen molar-refractivity contribution in [2.24, 2.45) is 0 Å². The Kier molecular flexibility index (Phi) is 6.00. The third-order valence-electron chi connectivity index (χ3n) is 3.70. The molecule has 2 aromatic carbocycles. The summed E-state index contributed by atoms with van der Waals surface area (Å²) in [6.07, 6.45) is 0.943. The predicted molar refractivity (Wildman–Crippen MR) is 104 cm³/mol. The molecule has 0 unspecified atom stereocenters. The molecule has 0 saturated carbocycles. The SMILES string of the molecule is CCc1ccc(C(=O)Nc2nnc(SCc3ccc(C#N)cc3)s2)cc1. The van der Waals surface area contributed by atoms with Gasteiger partial charge in [-0.25, -0.2) is 0 Å². The molecule has 0 aliphatic heterocycles. The number of rotatable bonds is 6. The monoisotopic (exact) mass is 380 g/mol. The molecule has 3 rings (SSSR count). The normalized spacial score (nSPS) is 10.3. The Bertz CT molecular complexity index is 927. The van der Waals surface area contributed by atoms with E-state index < -0.39 is 0 Å². The molecule has 7 heteroatoms. The number of thioether (sulfide) groups is 1. The molecule has 0 bridgehead atoms. The highest BCUT2D eigenvalue weighted by molar-refractivity contribution is 8.00. The first kappa shape index (κ1) is 18.1. The van der Waals surface area contributed by atoms with E-state index >= 15 is 0 Å². The zero-order valence-electron chi connectivity index (χ0n) is 14.1. The quantitative estimate of drug-likeness (QED) is 0.502. The van der Waals surface area contributed by atoms with Crippen LogP contribution in [-0.4, -0.2) is 16.1 Å². The van der Waals surface area contributed by atoms with Crippen LogP contribution in [0.4, 0.5) is 5.13 Å². The molecule has 1 N–H and O–H groups in total. The maximum atomic E-state index is 12.3. The Morgan fingerprint density at radius 1 is 1.12 bits per heavy atom. The standard InChI is InChI=1S/C19H16N4OS2/c1-2-13-7-9-16(10-8-13)17(24)21-18-22-23-19(26-18)25-12-15-5-3-14(11-20)4-6-15/h3-10H,2,12H2,1H3,(H,21,22,24). The third-order valence-corrected chi connectivity index (χ3v) is 5.74. The summed E-state index contributed by atoms with van der Waals surface area (Å²) >= 11 is 2.89. The number of anilines is 1. The van der Waals surface area contributed by atoms with Gasteiger partial charge in [-0.15, -0.1) is 10.2 Å². The minimum atomic E-state index is -0.188. The van der Waals surface area contributed by atoms with Crippen LogP contribution in [-0.2, 0) is 12.2 Å². The lowest BCUT2D eigenvalue weighted by atomic mass is 10.1. The Morgan fingerprint density at radius 2 is 1.81 bits per heavy atom. The maximum Gasteiger partial charge on any atom is 0.257 e. The molecule has 0 spiro atoms. The average molecular weight is 380 g/mol. The van der Waals surface area contributed by atoms with Crippen LogP contribution >= 0.6 is 23.1 Å². The van der Waals surface area contributed by atoms with Gasteiger partial charge in [0, 0.05) is 11.3 Å². The van der Waals surface area contributed by atoms with Crippen LogP contribution in [0.25, 0.3) is 0 Å². The molecular formula is C19H16N4OS2. The lowest BCUT2D eigenvalue weighted by Crippen LogP contribution is -2.11. The van der Waals surface area contributed by atoms with Gasteiger partial charge < -0.3 is 0 Å². The van der Waals surface area contributed by atoms with E-state index in [0.717, 1.165) is 22.1 Å². The van der Waals surface area contributed by atoms with Crippen molar-refractivity contribution in [1.29, 1.82) is 5.26 Å². The van der Waals surface area contributed by atoms with Crippen molar-refractivity contribution in [3.05, 3.63) is 70.8 Å². The van der Waals surface area contributed by atoms with Crippen molar-refractivity contribution in [1.82, 2.24) is 10.2 Å². The Morgan fingerprint density at radius 3 is 2.46 bits per heavy atom. The number of amides is 1. The van der Waals surface area contributed by atoms with E-state index in [1.54, 1.807) is 23.9 Å². The van der Waals surface area contributed by atoms with Gasteiger partial charge in [0.1, 0.15) is 0 Å². The van der Waals surface area contributed by atoms with Gasteiger partial charge >= 0.3 is 0 Å². The molecule has 0 fully saturated rings. The van der Waals surface area contributed by atoms with Crippen LogP contribution in [0.5, 0.6) is 0 Å². The number of nitriles is 1. The Labute approximate surface area is 160 Å². The lowest BCUT2D eigenvalue weighted by molar-refractivity contribution is 0.102. The second-order valence-electron chi connectivity index (χ2n) is 5.48. The van der Waals surface area contributed by atoms with E-state index in [9.17, 15) is 4.79 Å². The van der Waals surface area contributed by atoms with Gasteiger partial charge in [0.15, 0.2) is 4.34 Å². The minimum absolute atomic E-state index is 0.188. The molecule has 0 saturated heterocycles. The number of hydrogen-bond donors (Lipinski definition) is 1. The van der Waals surface area contributed by atoms with Crippen LogP contribution in [0.3, 0.4) is 0 Å². The number of benzene rings is 2. The van der Waals surface area contributed by atoms with Gasteiger partial charge in [0.2, 0.25) is 5.13 Å². The number of aromatic nitrogens is 2. The summed E-state index contributed by atoms with van der Waals surface area (Å²) in [5.41, 5.74) is 3.54. The molecule has 26 heavy (non-hydrogen) atoms. The first-order valence-corrected chi connectivity index (χ1v) is 9.84. The number of nitrogens with one attached hydrogen (secondary N) is 1. The highest BCUT2D eigenvalue weighted by atomic mass is 32.2. The van der Waals surface area contributed by atoms with Gasteiger partial charge in [-0.3, -0.25) is 10.1 Å². The fraction of sp³-hybridized carbons (Fsp3) is 0.158. The summed E-state index contributed by atoms with van der Waals surface area (Å²) in [6, 6.07) is 17.1. The molecule has 5 nitrogen and oxygen atoms in total. The van der Waals surface area contributed by atoms with Crippen molar-refractivity contribution >= 4 is 34.1 Å². The predicted octanol–water partition coefficient (Wildman–Crippen LogP) is 4.52. The number of carbonyl (C=O) groups is 1. The van der Waals surface area contributed by atoms with Crippen LogP contribution in [0, 0.1) is 11.3 Å². The molecule has 1 amide bonds. The van der Waals surface area contributed by atoms with Gasteiger partial charge in [-0.2, -0.15) is 5.26 Å². The summed E-state index contributed by atoms with van der Waals surface area (Å²) in [5.74, 6) is 0.541. The van der Waals surface area contributed by atoms with Crippen molar-refractivity contribution in [3.63, 3.8) is 0 Å². The van der Waals surface area contributed by atoms with Gasteiger partial charge in [-0.05, 0) is 41.8 Å². The minimum Gasteiger partial charge on any atom is -0.296 e. The van der Waals surface area contributed by atoms with Crippen LogP contribution < -0.4 is 5.32 Å². The Hall–Kier alpha value is -2.69. The number of aryl methyl sites for hydroxylation is 1. The molecule has 0 atom stereocenters. The first-order chi connectivity index (χ1) is 12.7. The maximum absolute atomic E-state index is 12.3. The van der Waals surface area contributed by atoms with Gasteiger partial charge in [0.25, 0.3) is 5.91 Å². The summed E-state index contributed by atoms with van der Waals surface area (Å²) in [5, 5.41) is 20.2. The van der Waals surface area contributed by atoms with Crippen molar-refractivity contribution in [2.75, 3.05) is 5.32 Å². The molecule has 130 valence electrons. The summed E-state index contributed by atoms with van der Waals surface area (Å²) in [6.45, 7) is 2.08. The van der Waals surface area contributed by atoms with E-state index in [-0.39, 0.29) is 5.91 Å².